The Labute approximate surface area is 161 Å². The molecule has 0 amide bonds. The summed E-state index contributed by atoms with van der Waals surface area (Å²) < 4.78 is 52.0. The van der Waals surface area contributed by atoms with Crippen LogP contribution in [0.5, 0.6) is 5.75 Å². The van der Waals surface area contributed by atoms with E-state index in [1.54, 1.807) is 38.4 Å². The van der Waals surface area contributed by atoms with E-state index in [2.05, 4.69) is 19.8 Å². The van der Waals surface area contributed by atoms with Crippen molar-refractivity contribution in [1.29, 1.82) is 0 Å². The second kappa shape index (κ2) is 8.03. The van der Waals surface area contributed by atoms with Gasteiger partial charge in [0.2, 0.25) is 21.7 Å². The number of sulfonamides is 1. The van der Waals surface area contributed by atoms with Crippen LogP contribution in [0, 0.1) is 11.7 Å². The molecular formula is C18H19FN4O4S. The molecule has 148 valence electrons. The van der Waals surface area contributed by atoms with E-state index < -0.39 is 21.9 Å². The van der Waals surface area contributed by atoms with Gasteiger partial charge in [0.15, 0.2) is 11.6 Å². The van der Waals surface area contributed by atoms with Gasteiger partial charge in [0, 0.05) is 18.0 Å². The first kappa shape index (κ1) is 19.9. The fraction of sp³-hybridized carbons (Fsp3) is 0.278. The molecule has 1 unspecified atom stereocenters. The summed E-state index contributed by atoms with van der Waals surface area (Å²) in [4.78, 5) is 7.99. The van der Waals surface area contributed by atoms with Gasteiger partial charge in [-0.1, -0.05) is 19.0 Å². The van der Waals surface area contributed by atoms with Crippen LogP contribution in [0.3, 0.4) is 0 Å². The molecule has 28 heavy (non-hydrogen) atoms. The molecule has 0 aliphatic carbocycles. The molecule has 8 nitrogen and oxygen atoms in total. The topological polar surface area (TPSA) is 107 Å². The van der Waals surface area contributed by atoms with Crippen molar-refractivity contribution in [2.24, 2.45) is 5.92 Å². The van der Waals surface area contributed by atoms with E-state index in [1.165, 1.54) is 19.2 Å². The van der Waals surface area contributed by atoms with Crippen molar-refractivity contribution >= 4 is 10.0 Å². The van der Waals surface area contributed by atoms with Crippen LogP contribution in [0.1, 0.15) is 25.8 Å². The normalized spacial score (nSPS) is 12.9. The van der Waals surface area contributed by atoms with Gasteiger partial charge in [-0.15, -0.1) is 0 Å². The quantitative estimate of drug-likeness (QED) is 0.643. The number of nitrogens with one attached hydrogen (secondary N) is 1. The third-order valence-corrected chi connectivity index (χ3v) is 5.47. The number of hydrogen-bond acceptors (Lipinski definition) is 7. The molecule has 0 aliphatic heterocycles. The van der Waals surface area contributed by atoms with Crippen LogP contribution in [-0.4, -0.2) is 30.7 Å². The zero-order valence-corrected chi connectivity index (χ0v) is 16.3. The van der Waals surface area contributed by atoms with Gasteiger partial charge in [-0.2, -0.15) is 9.71 Å². The van der Waals surface area contributed by atoms with E-state index in [1.807, 2.05) is 0 Å². The van der Waals surface area contributed by atoms with E-state index in [-0.39, 0.29) is 22.5 Å². The number of halogens is 1. The van der Waals surface area contributed by atoms with Crippen LogP contribution in [0.4, 0.5) is 4.39 Å². The lowest BCUT2D eigenvalue weighted by molar-refractivity contribution is 0.311. The van der Waals surface area contributed by atoms with Crippen LogP contribution in [0.2, 0.25) is 0 Å². The average Bonchev–Trinajstić information content (AvgIpc) is 3.16. The van der Waals surface area contributed by atoms with Crippen LogP contribution >= 0.6 is 0 Å². The number of benzene rings is 1. The van der Waals surface area contributed by atoms with E-state index >= 15 is 0 Å². The maximum atomic E-state index is 13.9. The molecule has 3 aromatic rings. The number of pyridine rings is 1. The first-order valence-electron chi connectivity index (χ1n) is 8.41. The van der Waals surface area contributed by atoms with E-state index in [0.717, 1.165) is 6.07 Å². The largest absolute Gasteiger partial charge is 0.494 e. The lowest BCUT2D eigenvalue weighted by Crippen LogP contribution is -2.32. The minimum atomic E-state index is -4.04. The second-order valence-corrected chi connectivity index (χ2v) is 8.05. The van der Waals surface area contributed by atoms with E-state index in [9.17, 15) is 12.8 Å². The highest BCUT2D eigenvalue weighted by molar-refractivity contribution is 7.89. The summed E-state index contributed by atoms with van der Waals surface area (Å²) in [6, 6.07) is 6.04. The van der Waals surface area contributed by atoms with Gasteiger partial charge < -0.3 is 9.26 Å². The molecule has 0 aliphatic rings. The van der Waals surface area contributed by atoms with Gasteiger partial charge >= 0.3 is 0 Å². The van der Waals surface area contributed by atoms with E-state index in [0.29, 0.717) is 11.4 Å². The number of nitrogens with zero attached hydrogens (tertiary/aromatic N) is 3. The van der Waals surface area contributed by atoms with Crippen molar-refractivity contribution in [3.05, 3.63) is 54.4 Å². The molecule has 2 aromatic heterocycles. The minimum absolute atomic E-state index is 0.0433. The Morgan fingerprint density at radius 3 is 2.50 bits per heavy atom. The summed E-state index contributed by atoms with van der Waals surface area (Å²) >= 11 is 0. The molecule has 3 rings (SSSR count). The third kappa shape index (κ3) is 4.18. The molecule has 0 saturated heterocycles. The smallest absolute Gasteiger partial charge is 0.245 e. The zero-order chi connectivity index (χ0) is 20.3. The van der Waals surface area contributed by atoms with E-state index in [4.69, 9.17) is 9.26 Å². The lowest BCUT2D eigenvalue weighted by Gasteiger charge is -2.18. The molecule has 1 N–H and O–H groups in total. The van der Waals surface area contributed by atoms with Crippen molar-refractivity contribution in [2.75, 3.05) is 7.11 Å². The summed E-state index contributed by atoms with van der Waals surface area (Å²) in [6.07, 6.45) is 3.18. The summed E-state index contributed by atoms with van der Waals surface area (Å²) in [6.45, 7) is 3.61. The summed E-state index contributed by atoms with van der Waals surface area (Å²) in [5.41, 5.74) is 0.688. The number of ether oxygens (including phenoxy) is 1. The Morgan fingerprint density at radius 1 is 1.18 bits per heavy atom. The number of rotatable bonds is 7. The van der Waals surface area contributed by atoms with Crippen LogP contribution in [-0.2, 0) is 10.0 Å². The van der Waals surface area contributed by atoms with Crippen molar-refractivity contribution in [2.45, 2.75) is 24.8 Å². The molecule has 0 spiro atoms. The van der Waals surface area contributed by atoms with Gasteiger partial charge in [-0.25, -0.2) is 12.8 Å². The molecule has 0 saturated carbocycles. The van der Waals surface area contributed by atoms with Crippen LogP contribution in [0.25, 0.3) is 11.4 Å². The SMILES string of the molecule is COc1ccc(S(=O)(=O)NC(c2nc(-c3ccncc3)no2)C(C)C)cc1F. The van der Waals surface area contributed by atoms with Crippen LogP contribution < -0.4 is 9.46 Å². The Balaban J connectivity index is 1.89. The minimum Gasteiger partial charge on any atom is -0.494 e. The predicted octanol–water partition coefficient (Wildman–Crippen LogP) is 2.95. The standard InChI is InChI=1S/C18H19FN4O4S/c1-11(2)16(18-21-17(22-27-18)12-6-8-20-9-7-12)23-28(24,25)13-4-5-15(26-3)14(19)10-13/h4-11,16,23H,1-3H3. The Morgan fingerprint density at radius 2 is 1.89 bits per heavy atom. The molecule has 2 heterocycles. The summed E-state index contributed by atoms with van der Waals surface area (Å²) in [7, 11) is -2.74. The van der Waals surface area contributed by atoms with Crippen LogP contribution in [0.15, 0.2) is 52.1 Å². The molecule has 10 heteroatoms. The lowest BCUT2D eigenvalue weighted by atomic mass is 10.1. The fourth-order valence-corrected chi connectivity index (χ4v) is 3.85. The highest BCUT2D eigenvalue weighted by Gasteiger charge is 2.29. The Bertz CT molecular complexity index is 1050. The van der Waals surface area contributed by atoms with Gasteiger partial charge in [0.1, 0.15) is 6.04 Å². The monoisotopic (exact) mass is 406 g/mol. The van der Waals surface area contributed by atoms with Gasteiger partial charge in [-0.3, -0.25) is 4.98 Å². The zero-order valence-electron chi connectivity index (χ0n) is 15.5. The van der Waals surface area contributed by atoms with Crippen molar-refractivity contribution in [1.82, 2.24) is 19.8 Å². The maximum absolute atomic E-state index is 13.9. The number of aromatic nitrogens is 3. The first-order chi connectivity index (χ1) is 13.3. The summed E-state index contributed by atoms with van der Waals surface area (Å²) in [5, 5.41) is 3.90. The molecule has 1 atom stereocenters. The van der Waals surface area contributed by atoms with Crippen molar-refractivity contribution in [3.8, 4) is 17.1 Å². The third-order valence-electron chi connectivity index (χ3n) is 4.03. The predicted molar refractivity (Wildman–Crippen MR) is 98.4 cm³/mol. The maximum Gasteiger partial charge on any atom is 0.245 e. The first-order valence-corrected chi connectivity index (χ1v) is 9.90. The fourth-order valence-electron chi connectivity index (χ4n) is 2.50. The highest BCUT2D eigenvalue weighted by atomic mass is 32.2. The second-order valence-electron chi connectivity index (χ2n) is 6.33. The number of methoxy groups -OCH3 is 1. The molecule has 0 fully saturated rings. The number of hydrogen-bond donors (Lipinski definition) is 1. The van der Waals surface area contributed by atoms with Gasteiger partial charge in [0.25, 0.3) is 0 Å². The van der Waals surface area contributed by atoms with Crippen molar-refractivity contribution < 1.29 is 22.1 Å². The molecule has 0 bridgehead atoms. The molecular weight excluding hydrogens is 387 g/mol. The van der Waals surface area contributed by atoms with Gasteiger partial charge in [-0.05, 0) is 36.2 Å². The van der Waals surface area contributed by atoms with Crippen molar-refractivity contribution in [3.63, 3.8) is 0 Å². The Hall–Kier alpha value is -2.85. The Kier molecular flexibility index (Phi) is 5.71. The highest BCUT2D eigenvalue weighted by Crippen LogP contribution is 2.27. The molecule has 1 aromatic carbocycles. The summed E-state index contributed by atoms with van der Waals surface area (Å²) in [5.74, 6) is -0.594. The van der Waals surface area contributed by atoms with Gasteiger partial charge in [0.05, 0.1) is 12.0 Å². The average molecular weight is 406 g/mol. The molecule has 0 radical (unpaired) electrons.